The van der Waals surface area contributed by atoms with E-state index in [9.17, 15) is 13.6 Å². The Bertz CT molecular complexity index is 801. The molecule has 124 valence electrons. The van der Waals surface area contributed by atoms with Crippen molar-refractivity contribution in [1.29, 1.82) is 0 Å². The molecule has 1 aromatic carbocycles. The molecule has 2 N–H and O–H groups in total. The van der Waals surface area contributed by atoms with E-state index >= 15 is 0 Å². The smallest absolute Gasteiger partial charge is 0.186 e. The summed E-state index contributed by atoms with van der Waals surface area (Å²) in [6.45, 7) is 1.99. The summed E-state index contributed by atoms with van der Waals surface area (Å²) in [7, 11) is -3.64. The number of hydrogen-bond acceptors (Lipinski definition) is 6. The van der Waals surface area contributed by atoms with Crippen LogP contribution in [0.2, 0.25) is 0 Å². The number of pyridine rings is 1. The van der Waals surface area contributed by atoms with Crippen LogP contribution in [-0.2, 0) is 20.3 Å². The first-order chi connectivity index (χ1) is 11.0. The highest BCUT2D eigenvalue weighted by molar-refractivity contribution is 7.91. The fourth-order valence-electron chi connectivity index (χ4n) is 3.13. The summed E-state index contributed by atoms with van der Waals surface area (Å²) in [5.41, 5.74) is 3.49. The fraction of sp³-hybridized carbons (Fsp3) is 0.438. The van der Waals surface area contributed by atoms with E-state index in [4.69, 9.17) is 4.74 Å². The predicted molar refractivity (Wildman–Crippen MR) is 86.7 cm³/mol. The lowest BCUT2D eigenvalue weighted by molar-refractivity contribution is -0.00166. The second-order valence-electron chi connectivity index (χ2n) is 5.91. The molecule has 6 nitrogen and oxygen atoms in total. The second-order valence-corrected chi connectivity index (χ2v) is 8.12. The first-order valence-electron chi connectivity index (χ1n) is 7.58. The molecule has 2 atom stereocenters. The summed E-state index contributed by atoms with van der Waals surface area (Å²) in [6.07, 6.45) is 2.60. The Morgan fingerprint density at radius 2 is 2.22 bits per heavy atom. The molecule has 0 bridgehead atoms. The third-order valence-corrected chi connectivity index (χ3v) is 6.84. The van der Waals surface area contributed by atoms with Crippen molar-refractivity contribution in [3.05, 3.63) is 42.1 Å². The molecule has 1 saturated heterocycles. The van der Waals surface area contributed by atoms with Gasteiger partial charge < -0.3 is 9.94 Å². The number of hydroxylamine groups is 1. The molecule has 1 aromatic heterocycles. The average molecular weight is 336 g/mol. The van der Waals surface area contributed by atoms with Crippen LogP contribution in [0.15, 0.2) is 36.5 Å². The Morgan fingerprint density at radius 1 is 1.43 bits per heavy atom. The highest BCUT2D eigenvalue weighted by Crippen LogP contribution is 2.36. The average Bonchev–Trinajstić information content (AvgIpc) is 3.05. The maximum atomic E-state index is 13.0. The SMILES string of the molecule is CC(NO)[C@]1(S(=O)(=O)Cc2cnc3ccccc3c2)CCCO1. The highest BCUT2D eigenvalue weighted by atomic mass is 32.2. The van der Waals surface area contributed by atoms with E-state index in [1.54, 1.807) is 13.1 Å². The molecular weight excluding hydrogens is 316 g/mol. The zero-order valence-corrected chi connectivity index (χ0v) is 13.7. The molecule has 7 heteroatoms. The van der Waals surface area contributed by atoms with Gasteiger partial charge in [-0.3, -0.25) is 4.98 Å². The van der Waals surface area contributed by atoms with Crippen molar-refractivity contribution < 1.29 is 18.4 Å². The van der Waals surface area contributed by atoms with Gasteiger partial charge in [0.25, 0.3) is 0 Å². The first kappa shape index (κ1) is 16.3. The van der Waals surface area contributed by atoms with Gasteiger partial charge >= 0.3 is 0 Å². The van der Waals surface area contributed by atoms with Crippen molar-refractivity contribution in [2.45, 2.75) is 36.5 Å². The van der Waals surface area contributed by atoms with Crippen LogP contribution in [0.25, 0.3) is 10.9 Å². The Labute approximate surface area is 135 Å². The van der Waals surface area contributed by atoms with Crippen molar-refractivity contribution in [3.8, 4) is 0 Å². The maximum Gasteiger partial charge on any atom is 0.186 e. The highest BCUT2D eigenvalue weighted by Gasteiger charge is 2.51. The molecule has 3 rings (SSSR count). The minimum absolute atomic E-state index is 0.170. The number of sulfone groups is 1. The number of hydrogen-bond donors (Lipinski definition) is 2. The van der Waals surface area contributed by atoms with Crippen molar-refractivity contribution in [2.75, 3.05) is 6.61 Å². The van der Waals surface area contributed by atoms with Crippen molar-refractivity contribution in [1.82, 2.24) is 10.5 Å². The van der Waals surface area contributed by atoms with E-state index in [0.717, 1.165) is 10.9 Å². The number of nitrogens with zero attached hydrogens (tertiary/aromatic N) is 1. The summed E-state index contributed by atoms with van der Waals surface area (Å²) in [4.78, 5) is 2.91. The Kier molecular flexibility index (Phi) is 4.37. The molecule has 1 unspecified atom stereocenters. The zero-order chi connectivity index (χ0) is 16.5. The van der Waals surface area contributed by atoms with Crippen LogP contribution < -0.4 is 5.48 Å². The zero-order valence-electron chi connectivity index (χ0n) is 12.9. The van der Waals surface area contributed by atoms with Crippen LogP contribution in [0.1, 0.15) is 25.3 Å². The van der Waals surface area contributed by atoms with Gasteiger partial charge in [0.15, 0.2) is 14.8 Å². The molecule has 23 heavy (non-hydrogen) atoms. The van der Waals surface area contributed by atoms with Crippen LogP contribution in [0.5, 0.6) is 0 Å². The quantitative estimate of drug-likeness (QED) is 0.812. The van der Waals surface area contributed by atoms with E-state index < -0.39 is 20.8 Å². The number of nitrogens with one attached hydrogen (secondary N) is 1. The molecule has 2 heterocycles. The molecule has 0 radical (unpaired) electrons. The summed E-state index contributed by atoms with van der Waals surface area (Å²) in [5, 5.41) is 10.1. The molecule has 0 saturated carbocycles. The van der Waals surface area contributed by atoms with Gasteiger partial charge in [0.05, 0.1) is 17.3 Å². The molecule has 0 amide bonds. The summed E-state index contributed by atoms with van der Waals surface area (Å²) in [5.74, 6) is -0.170. The van der Waals surface area contributed by atoms with Gasteiger partial charge in [-0.05, 0) is 37.5 Å². The fourth-order valence-corrected chi connectivity index (χ4v) is 5.28. The molecular formula is C16H20N2O4S. The van der Waals surface area contributed by atoms with E-state index in [0.29, 0.717) is 25.0 Å². The number of fused-ring (bicyclic) bond motifs is 1. The van der Waals surface area contributed by atoms with Gasteiger partial charge in [0, 0.05) is 18.2 Å². The number of benzene rings is 1. The minimum atomic E-state index is -3.64. The van der Waals surface area contributed by atoms with Crippen LogP contribution in [0, 0.1) is 0 Å². The third kappa shape index (κ3) is 2.85. The van der Waals surface area contributed by atoms with Crippen molar-refractivity contribution in [3.63, 3.8) is 0 Å². The van der Waals surface area contributed by atoms with E-state index in [-0.39, 0.29) is 5.75 Å². The van der Waals surface area contributed by atoms with Crippen molar-refractivity contribution >= 4 is 20.7 Å². The van der Waals surface area contributed by atoms with Gasteiger partial charge in [0.2, 0.25) is 0 Å². The van der Waals surface area contributed by atoms with Crippen LogP contribution in [0.3, 0.4) is 0 Å². The van der Waals surface area contributed by atoms with Gasteiger partial charge in [-0.1, -0.05) is 18.2 Å². The molecule has 0 aliphatic carbocycles. The Hall–Kier alpha value is -1.54. The number of para-hydroxylation sites is 1. The molecule has 1 aliphatic heterocycles. The lowest BCUT2D eigenvalue weighted by atomic mass is 10.1. The third-order valence-electron chi connectivity index (χ3n) is 4.40. The summed E-state index contributed by atoms with van der Waals surface area (Å²) < 4.78 is 31.5. The predicted octanol–water partition coefficient (Wildman–Crippen LogP) is 2.02. The Morgan fingerprint density at radius 3 is 2.91 bits per heavy atom. The van der Waals surface area contributed by atoms with Gasteiger partial charge in [0.1, 0.15) is 0 Å². The lowest BCUT2D eigenvalue weighted by Crippen LogP contribution is -2.53. The molecule has 1 fully saturated rings. The molecule has 1 aliphatic rings. The summed E-state index contributed by atoms with van der Waals surface area (Å²) in [6, 6.07) is 8.69. The lowest BCUT2D eigenvalue weighted by Gasteiger charge is -2.33. The van der Waals surface area contributed by atoms with E-state index in [1.165, 1.54) is 0 Å². The standard InChI is InChI=1S/C16H20N2O4S/c1-12(18-19)16(7-4-8-22-16)23(20,21)11-13-9-14-5-2-3-6-15(14)17-10-13/h2-3,5-6,9-10,12,18-19H,4,7-8,11H2,1H3/t12?,16-/m1/s1. The number of ether oxygens (including phenoxy) is 1. The van der Waals surface area contributed by atoms with Crippen LogP contribution in [0.4, 0.5) is 0 Å². The normalized spacial score (nSPS) is 23.2. The van der Waals surface area contributed by atoms with Crippen molar-refractivity contribution in [2.24, 2.45) is 0 Å². The Balaban J connectivity index is 1.95. The maximum absolute atomic E-state index is 13.0. The minimum Gasteiger partial charge on any atom is -0.357 e. The number of aromatic nitrogens is 1. The van der Waals surface area contributed by atoms with E-state index in [1.807, 2.05) is 35.8 Å². The molecule has 0 spiro atoms. The largest absolute Gasteiger partial charge is 0.357 e. The van der Waals surface area contributed by atoms with Gasteiger partial charge in [-0.15, -0.1) is 0 Å². The summed E-state index contributed by atoms with van der Waals surface area (Å²) >= 11 is 0. The van der Waals surface area contributed by atoms with Gasteiger partial charge in [-0.25, -0.2) is 8.42 Å². The topological polar surface area (TPSA) is 88.5 Å². The van der Waals surface area contributed by atoms with Crippen LogP contribution in [-0.4, -0.2) is 36.2 Å². The number of rotatable bonds is 5. The second kappa shape index (κ2) is 6.16. The van der Waals surface area contributed by atoms with Gasteiger partial charge in [-0.2, -0.15) is 5.48 Å². The monoisotopic (exact) mass is 336 g/mol. The molecule has 2 aromatic rings. The van der Waals surface area contributed by atoms with Crippen LogP contribution >= 0.6 is 0 Å². The van der Waals surface area contributed by atoms with E-state index in [2.05, 4.69) is 4.98 Å². The first-order valence-corrected chi connectivity index (χ1v) is 9.23.